The molecule has 1 N–H and O–H groups in total. The number of hydrogen-bond donors (Lipinski definition) is 1. The summed E-state index contributed by atoms with van der Waals surface area (Å²) in [6.07, 6.45) is 4.33. The average molecular weight is 439 g/mol. The smallest absolute Gasteiger partial charge is 0.253 e. The van der Waals surface area contributed by atoms with Crippen molar-refractivity contribution in [3.05, 3.63) is 47.9 Å². The van der Waals surface area contributed by atoms with Crippen LogP contribution >= 0.6 is 0 Å². The number of carbonyl (C=O) groups excluding carboxylic acids is 3. The van der Waals surface area contributed by atoms with Crippen molar-refractivity contribution in [1.82, 2.24) is 10.2 Å². The molecule has 0 radical (unpaired) electrons. The van der Waals surface area contributed by atoms with Gasteiger partial charge in [0.2, 0.25) is 11.8 Å². The Morgan fingerprint density at radius 2 is 1.97 bits per heavy atom. The molecule has 8 heteroatoms. The van der Waals surface area contributed by atoms with Crippen molar-refractivity contribution >= 4 is 29.1 Å². The van der Waals surface area contributed by atoms with Crippen LogP contribution in [0.25, 0.3) is 0 Å². The van der Waals surface area contributed by atoms with Gasteiger partial charge in [-0.1, -0.05) is 0 Å². The maximum atomic E-state index is 13.4. The summed E-state index contributed by atoms with van der Waals surface area (Å²) < 4.78 is 5.26. The van der Waals surface area contributed by atoms with Gasteiger partial charge in [-0.05, 0) is 63.4 Å². The predicted octanol–water partition coefficient (Wildman–Crippen LogP) is 2.78. The summed E-state index contributed by atoms with van der Waals surface area (Å²) in [5.74, 6) is 0.214. The molecule has 1 aromatic carbocycles. The Morgan fingerprint density at radius 1 is 1.16 bits per heavy atom. The fourth-order valence-electron chi connectivity index (χ4n) is 4.55. The number of amides is 3. The minimum Gasteiger partial charge on any atom is -0.467 e. The quantitative estimate of drug-likeness (QED) is 0.719. The molecule has 2 aromatic rings. The summed E-state index contributed by atoms with van der Waals surface area (Å²) in [7, 11) is 0. The van der Waals surface area contributed by atoms with Crippen LogP contribution < -0.4 is 15.1 Å². The lowest BCUT2D eigenvalue weighted by Crippen LogP contribution is -2.57. The lowest BCUT2D eigenvalue weighted by Gasteiger charge is -2.45. The maximum absolute atomic E-state index is 13.4. The van der Waals surface area contributed by atoms with Crippen LogP contribution in [0, 0.1) is 0 Å². The van der Waals surface area contributed by atoms with Crippen LogP contribution in [0.1, 0.15) is 49.2 Å². The Hall–Kier alpha value is -3.29. The summed E-state index contributed by atoms with van der Waals surface area (Å²) in [5.41, 5.74) is 2.06. The lowest BCUT2D eigenvalue weighted by atomic mass is 9.95. The normalized spacial score (nSPS) is 17.6. The van der Waals surface area contributed by atoms with Gasteiger partial charge < -0.3 is 19.5 Å². The van der Waals surface area contributed by atoms with Gasteiger partial charge in [0.1, 0.15) is 18.3 Å². The van der Waals surface area contributed by atoms with Crippen molar-refractivity contribution in [2.24, 2.45) is 0 Å². The third-order valence-corrected chi connectivity index (χ3v) is 6.27. The first kappa shape index (κ1) is 21.9. The van der Waals surface area contributed by atoms with Gasteiger partial charge >= 0.3 is 0 Å². The lowest BCUT2D eigenvalue weighted by molar-refractivity contribution is -0.125. The third kappa shape index (κ3) is 4.22. The van der Waals surface area contributed by atoms with Crippen molar-refractivity contribution in [1.29, 1.82) is 0 Å². The van der Waals surface area contributed by atoms with Crippen LogP contribution in [0.3, 0.4) is 0 Å². The van der Waals surface area contributed by atoms with Gasteiger partial charge in [0, 0.05) is 25.2 Å². The van der Waals surface area contributed by atoms with Crippen LogP contribution in [-0.4, -0.2) is 54.8 Å². The fourth-order valence-corrected chi connectivity index (χ4v) is 4.55. The number of rotatable bonds is 7. The van der Waals surface area contributed by atoms with Gasteiger partial charge in [0.05, 0.1) is 24.2 Å². The summed E-state index contributed by atoms with van der Waals surface area (Å²) in [6, 6.07) is 8.79. The molecule has 0 aliphatic carbocycles. The second-order valence-corrected chi connectivity index (χ2v) is 8.17. The molecule has 0 spiro atoms. The first-order valence-electron chi connectivity index (χ1n) is 11.3. The molecule has 4 rings (SSSR count). The van der Waals surface area contributed by atoms with E-state index in [-0.39, 0.29) is 36.9 Å². The van der Waals surface area contributed by atoms with Crippen LogP contribution in [0.15, 0.2) is 41.0 Å². The second-order valence-electron chi connectivity index (χ2n) is 8.17. The molecule has 0 saturated carbocycles. The summed E-state index contributed by atoms with van der Waals surface area (Å²) >= 11 is 0. The molecule has 0 bridgehead atoms. The molecule has 8 nitrogen and oxygen atoms in total. The molecule has 1 saturated heterocycles. The topological polar surface area (TPSA) is 86.1 Å². The zero-order valence-corrected chi connectivity index (χ0v) is 18.7. The Labute approximate surface area is 188 Å². The largest absolute Gasteiger partial charge is 0.467 e. The first-order valence-corrected chi connectivity index (χ1v) is 11.3. The van der Waals surface area contributed by atoms with Gasteiger partial charge in [0.25, 0.3) is 5.91 Å². The minimum atomic E-state index is -0.273. The zero-order valence-electron chi connectivity index (χ0n) is 18.7. The molecule has 2 aliphatic rings. The number of piperidine rings is 1. The second kappa shape index (κ2) is 9.46. The Balaban J connectivity index is 1.63. The number of nitrogens with zero attached hydrogens (tertiary/aromatic N) is 3. The molecular weight excluding hydrogens is 408 g/mol. The average Bonchev–Trinajstić information content (AvgIpc) is 3.34. The monoisotopic (exact) mass is 438 g/mol. The number of furan rings is 1. The van der Waals surface area contributed by atoms with Crippen LogP contribution in [0.5, 0.6) is 0 Å². The SMILES string of the molecule is CCN(CC)C(=O)c1ccc2c(c1)N(CC(=O)NCc1ccco1)C(=O)C1CCCCN21. The van der Waals surface area contributed by atoms with Crippen LogP contribution in [0.4, 0.5) is 11.4 Å². The molecular formula is C24H30N4O4. The molecule has 1 fully saturated rings. The highest BCUT2D eigenvalue weighted by atomic mass is 16.3. The van der Waals surface area contributed by atoms with Crippen molar-refractivity contribution in [3.8, 4) is 0 Å². The van der Waals surface area contributed by atoms with Crippen molar-refractivity contribution in [2.75, 3.05) is 36.0 Å². The van der Waals surface area contributed by atoms with Gasteiger partial charge in [-0.2, -0.15) is 0 Å². The summed E-state index contributed by atoms with van der Waals surface area (Å²) in [4.78, 5) is 44.5. The predicted molar refractivity (Wildman–Crippen MR) is 122 cm³/mol. The minimum absolute atomic E-state index is 0.0757. The molecule has 32 heavy (non-hydrogen) atoms. The Morgan fingerprint density at radius 3 is 2.69 bits per heavy atom. The highest BCUT2D eigenvalue weighted by Crippen LogP contribution is 2.40. The Kier molecular flexibility index (Phi) is 6.48. The molecule has 170 valence electrons. The van der Waals surface area contributed by atoms with E-state index in [9.17, 15) is 14.4 Å². The highest BCUT2D eigenvalue weighted by Gasteiger charge is 2.40. The molecule has 1 unspecified atom stereocenters. The third-order valence-electron chi connectivity index (χ3n) is 6.27. The van der Waals surface area contributed by atoms with Crippen LogP contribution in [0.2, 0.25) is 0 Å². The summed E-state index contributed by atoms with van der Waals surface area (Å²) in [6.45, 7) is 6.06. The van der Waals surface area contributed by atoms with Crippen LogP contribution in [-0.2, 0) is 16.1 Å². The molecule has 1 aromatic heterocycles. The molecule has 3 heterocycles. The number of nitrogens with one attached hydrogen (secondary N) is 1. The molecule has 2 aliphatic heterocycles. The summed E-state index contributed by atoms with van der Waals surface area (Å²) in [5, 5.41) is 2.81. The van der Waals surface area contributed by atoms with Gasteiger partial charge in [-0.25, -0.2) is 0 Å². The number of carbonyl (C=O) groups is 3. The standard InChI is InChI=1S/C24H30N4O4/c1-3-26(4-2)23(30)17-10-11-19-21(14-17)28(24(31)20-9-5-6-12-27(19)20)16-22(29)25-15-18-8-7-13-32-18/h7-8,10-11,13-14,20H,3-6,9,12,15-16H2,1-2H3,(H,25,29). The number of fused-ring (bicyclic) bond motifs is 3. The van der Waals surface area contributed by atoms with E-state index in [0.717, 1.165) is 31.5 Å². The van der Waals surface area contributed by atoms with Gasteiger partial charge in [-0.15, -0.1) is 0 Å². The molecule has 1 atom stereocenters. The number of hydrogen-bond acceptors (Lipinski definition) is 5. The van der Waals surface area contributed by atoms with Gasteiger partial charge in [0.15, 0.2) is 0 Å². The van der Waals surface area contributed by atoms with Crippen molar-refractivity contribution < 1.29 is 18.8 Å². The zero-order chi connectivity index (χ0) is 22.7. The van der Waals surface area contributed by atoms with E-state index in [0.29, 0.717) is 30.1 Å². The maximum Gasteiger partial charge on any atom is 0.253 e. The first-order chi connectivity index (χ1) is 15.5. The van der Waals surface area contributed by atoms with E-state index in [1.807, 2.05) is 26.0 Å². The van der Waals surface area contributed by atoms with E-state index in [1.54, 1.807) is 29.4 Å². The number of anilines is 2. The van der Waals surface area contributed by atoms with E-state index in [4.69, 9.17) is 4.42 Å². The van der Waals surface area contributed by atoms with E-state index in [1.165, 1.54) is 4.90 Å². The van der Waals surface area contributed by atoms with Crippen molar-refractivity contribution in [3.63, 3.8) is 0 Å². The van der Waals surface area contributed by atoms with E-state index >= 15 is 0 Å². The Bertz CT molecular complexity index is 984. The van der Waals surface area contributed by atoms with Crippen molar-refractivity contribution in [2.45, 2.75) is 45.7 Å². The molecule has 3 amide bonds. The fraction of sp³-hybridized carbons (Fsp3) is 0.458. The number of benzene rings is 1. The van der Waals surface area contributed by atoms with E-state index in [2.05, 4.69) is 10.2 Å². The van der Waals surface area contributed by atoms with E-state index < -0.39 is 0 Å². The highest BCUT2D eigenvalue weighted by molar-refractivity contribution is 6.09. The van der Waals surface area contributed by atoms with Gasteiger partial charge in [-0.3, -0.25) is 19.3 Å².